The highest BCUT2D eigenvalue weighted by Crippen LogP contribution is 2.26. The van der Waals surface area contributed by atoms with Crippen LogP contribution in [0.4, 0.5) is 5.69 Å². The molecule has 30 heavy (non-hydrogen) atoms. The lowest BCUT2D eigenvalue weighted by Gasteiger charge is -2.27. The number of hydrogen-bond acceptors (Lipinski definition) is 4. The fourth-order valence-electron chi connectivity index (χ4n) is 4.49. The van der Waals surface area contributed by atoms with Crippen molar-refractivity contribution in [2.45, 2.75) is 58.0 Å². The second-order valence-corrected chi connectivity index (χ2v) is 9.18. The number of imidazole rings is 1. The van der Waals surface area contributed by atoms with E-state index < -0.39 is 0 Å². The predicted octanol–water partition coefficient (Wildman–Crippen LogP) is 4.13. The Morgan fingerprint density at radius 1 is 1.07 bits per heavy atom. The summed E-state index contributed by atoms with van der Waals surface area (Å²) >= 11 is 1.76. The molecule has 156 valence electrons. The molecule has 3 aromatic rings. The third-order valence-corrected chi connectivity index (χ3v) is 7.14. The van der Waals surface area contributed by atoms with Crippen molar-refractivity contribution in [3.63, 3.8) is 0 Å². The summed E-state index contributed by atoms with van der Waals surface area (Å²) in [6, 6.07) is 8.02. The molecule has 0 bridgehead atoms. The molecule has 0 saturated heterocycles. The van der Waals surface area contributed by atoms with E-state index in [1.165, 1.54) is 29.7 Å². The van der Waals surface area contributed by atoms with Gasteiger partial charge in [-0.25, -0.2) is 4.98 Å². The molecule has 6 nitrogen and oxygen atoms in total. The highest BCUT2D eigenvalue weighted by atomic mass is 32.1. The summed E-state index contributed by atoms with van der Waals surface area (Å²) in [6.07, 6.45) is 6.00. The fraction of sp³-hybridized carbons (Fsp3) is 0.435. The molecule has 0 spiro atoms. The highest BCUT2D eigenvalue weighted by molar-refractivity contribution is 7.10. The maximum absolute atomic E-state index is 12.5. The van der Waals surface area contributed by atoms with Crippen molar-refractivity contribution in [2.24, 2.45) is 0 Å². The van der Waals surface area contributed by atoms with Crippen molar-refractivity contribution >= 4 is 39.9 Å². The first-order valence-corrected chi connectivity index (χ1v) is 11.7. The van der Waals surface area contributed by atoms with Crippen LogP contribution >= 0.6 is 11.3 Å². The van der Waals surface area contributed by atoms with Crippen molar-refractivity contribution in [3.05, 3.63) is 45.9 Å². The molecule has 0 atom stereocenters. The van der Waals surface area contributed by atoms with Crippen molar-refractivity contribution in [1.29, 1.82) is 0 Å². The summed E-state index contributed by atoms with van der Waals surface area (Å²) in [4.78, 5) is 33.0. The van der Waals surface area contributed by atoms with Crippen molar-refractivity contribution in [2.75, 3.05) is 11.9 Å². The van der Waals surface area contributed by atoms with Gasteiger partial charge in [0.25, 0.3) is 0 Å². The molecule has 2 amide bonds. The first-order chi connectivity index (χ1) is 14.7. The van der Waals surface area contributed by atoms with Gasteiger partial charge in [-0.1, -0.05) is 6.42 Å². The molecule has 2 aliphatic heterocycles. The van der Waals surface area contributed by atoms with E-state index in [9.17, 15) is 9.59 Å². The molecule has 0 radical (unpaired) electrons. The Kier molecular flexibility index (Phi) is 5.29. The molecule has 0 fully saturated rings. The van der Waals surface area contributed by atoms with Gasteiger partial charge in [-0.3, -0.25) is 9.59 Å². The molecule has 4 heterocycles. The van der Waals surface area contributed by atoms with Crippen LogP contribution in [0.2, 0.25) is 0 Å². The minimum Gasteiger partial charge on any atom is -0.338 e. The Balaban J connectivity index is 1.18. The number of carbonyl (C=O) groups is 2. The Morgan fingerprint density at radius 3 is 2.93 bits per heavy atom. The van der Waals surface area contributed by atoms with E-state index in [0.29, 0.717) is 6.54 Å². The van der Waals surface area contributed by atoms with E-state index in [2.05, 4.69) is 21.3 Å². The summed E-state index contributed by atoms with van der Waals surface area (Å²) < 4.78 is 2.31. The van der Waals surface area contributed by atoms with Crippen molar-refractivity contribution in [1.82, 2.24) is 14.5 Å². The number of amides is 2. The first-order valence-electron chi connectivity index (χ1n) is 10.8. The molecular formula is C23H26N4O2S. The van der Waals surface area contributed by atoms with Gasteiger partial charge in [-0.05, 0) is 54.5 Å². The first kappa shape index (κ1) is 19.3. The minimum absolute atomic E-state index is 0.0512. The maximum atomic E-state index is 12.5. The fourth-order valence-corrected chi connectivity index (χ4v) is 5.38. The number of fused-ring (bicyclic) bond motifs is 4. The van der Waals surface area contributed by atoms with Crippen LogP contribution in [0, 0.1) is 0 Å². The van der Waals surface area contributed by atoms with Crippen LogP contribution in [0.5, 0.6) is 0 Å². The van der Waals surface area contributed by atoms with E-state index >= 15 is 0 Å². The number of nitrogens with one attached hydrogen (secondary N) is 1. The SMILES string of the molecule is O=C(CCC(=O)N1CCc2sccc2C1)Nc1ccc2c(c1)nc1n2CCCCC1. The van der Waals surface area contributed by atoms with Gasteiger partial charge in [-0.15, -0.1) is 11.3 Å². The molecule has 2 aliphatic rings. The number of hydrogen-bond donors (Lipinski definition) is 1. The lowest BCUT2D eigenvalue weighted by atomic mass is 10.1. The molecule has 0 saturated carbocycles. The number of thiophene rings is 1. The molecule has 0 unspecified atom stereocenters. The average molecular weight is 423 g/mol. The summed E-state index contributed by atoms with van der Waals surface area (Å²) in [5, 5.41) is 5.02. The van der Waals surface area contributed by atoms with Gasteiger partial charge >= 0.3 is 0 Å². The summed E-state index contributed by atoms with van der Waals surface area (Å²) in [6.45, 7) is 2.43. The average Bonchev–Trinajstić information content (AvgIpc) is 3.28. The monoisotopic (exact) mass is 422 g/mol. The number of benzene rings is 1. The zero-order valence-electron chi connectivity index (χ0n) is 17.0. The number of nitrogens with zero attached hydrogens (tertiary/aromatic N) is 3. The minimum atomic E-state index is -0.128. The van der Waals surface area contributed by atoms with Crippen LogP contribution in [0.1, 0.15) is 48.4 Å². The van der Waals surface area contributed by atoms with E-state index in [0.717, 1.165) is 48.5 Å². The lowest BCUT2D eigenvalue weighted by molar-refractivity contribution is -0.133. The quantitative estimate of drug-likeness (QED) is 0.687. The van der Waals surface area contributed by atoms with Gasteiger partial charge in [0.05, 0.1) is 11.0 Å². The summed E-state index contributed by atoms with van der Waals surface area (Å²) in [7, 11) is 0. The third-order valence-electron chi connectivity index (χ3n) is 6.12. The topological polar surface area (TPSA) is 67.2 Å². The zero-order valence-corrected chi connectivity index (χ0v) is 17.8. The van der Waals surface area contributed by atoms with Crippen LogP contribution in [-0.2, 0) is 35.5 Å². The molecular weight excluding hydrogens is 396 g/mol. The van der Waals surface area contributed by atoms with E-state index in [4.69, 9.17) is 4.98 Å². The number of anilines is 1. The Hall–Kier alpha value is -2.67. The second-order valence-electron chi connectivity index (χ2n) is 8.18. The van der Waals surface area contributed by atoms with Gasteiger partial charge in [0.15, 0.2) is 0 Å². The highest BCUT2D eigenvalue weighted by Gasteiger charge is 2.22. The van der Waals surface area contributed by atoms with Gasteiger partial charge < -0.3 is 14.8 Å². The van der Waals surface area contributed by atoms with Crippen LogP contribution in [0.25, 0.3) is 11.0 Å². The van der Waals surface area contributed by atoms with Gasteiger partial charge in [0, 0.05) is 49.5 Å². The third kappa shape index (κ3) is 3.86. The van der Waals surface area contributed by atoms with Crippen molar-refractivity contribution in [3.8, 4) is 0 Å². The molecule has 7 heteroatoms. The largest absolute Gasteiger partial charge is 0.338 e. The summed E-state index contributed by atoms with van der Waals surface area (Å²) in [5.41, 5.74) is 4.06. The van der Waals surface area contributed by atoms with Crippen LogP contribution in [0.15, 0.2) is 29.6 Å². The second kappa shape index (κ2) is 8.22. The zero-order chi connectivity index (χ0) is 20.5. The molecule has 2 aromatic heterocycles. The number of carbonyl (C=O) groups excluding carboxylic acids is 2. The van der Waals surface area contributed by atoms with E-state index in [1.54, 1.807) is 11.3 Å². The Labute approximate surface area is 179 Å². The summed E-state index contributed by atoms with van der Waals surface area (Å²) in [5.74, 6) is 1.07. The van der Waals surface area contributed by atoms with Crippen LogP contribution in [0.3, 0.4) is 0 Å². The van der Waals surface area contributed by atoms with Crippen LogP contribution < -0.4 is 5.32 Å². The van der Waals surface area contributed by atoms with E-state index in [1.807, 2.05) is 23.1 Å². The number of aromatic nitrogens is 2. The number of rotatable bonds is 4. The standard InChI is InChI=1S/C23H26N4O2S/c28-22(7-8-23(29)26-12-9-20-16(15-26)10-13-30-20)24-17-5-6-19-18(14-17)25-21-4-2-1-3-11-27(19)21/h5-6,10,13-14H,1-4,7-9,11-12,15H2,(H,24,28). The lowest BCUT2D eigenvalue weighted by Crippen LogP contribution is -2.35. The van der Waals surface area contributed by atoms with Gasteiger partial charge in [-0.2, -0.15) is 0 Å². The maximum Gasteiger partial charge on any atom is 0.224 e. The van der Waals surface area contributed by atoms with Gasteiger partial charge in [0.2, 0.25) is 11.8 Å². The molecule has 5 rings (SSSR count). The number of aryl methyl sites for hydroxylation is 2. The van der Waals surface area contributed by atoms with Crippen molar-refractivity contribution < 1.29 is 9.59 Å². The van der Waals surface area contributed by atoms with Gasteiger partial charge in [0.1, 0.15) is 5.82 Å². The predicted molar refractivity (Wildman–Crippen MR) is 119 cm³/mol. The smallest absolute Gasteiger partial charge is 0.224 e. The molecule has 0 aliphatic carbocycles. The Bertz CT molecular complexity index is 1100. The van der Waals surface area contributed by atoms with E-state index in [-0.39, 0.29) is 24.7 Å². The van der Waals surface area contributed by atoms with Crippen LogP contribution in [-0.4, -0.2) is 32.8 Å². The molecule has 1 aromatic carbocycles. The Morgan fingerprint density at radius 2 is 2.00 bits per heavy atom. The normalized spacial score (nSPS) is 16.1. The molecule has 1 N–H and O–H groups in total.